The van der Waals surface area contributed by atoms with Crippen LogP contribution in [-0.2, 0) is 4.79 Å². The normalized spacial score (nSPS) is 11.1. The summed E-state index contributed by atoms with van der Waals surface area (Å²) >= 11 is 0. The maximum Gasteiger partial charge on any atom is 0.320 e. The summed E-state index contributed by atoms with van der Waals surface area (Å²) in [6, 6.07) is -0.713. The van der Waals surface area contributed by atoms with E-state index in [1.165, 1.54) is 0 Å². The van der Waals surface area contributed by atoms with Crippen LogP contribution in [0.25, 0.3) is 0 Å². The van der Waals surface area contributed by atoms with Gasteiger partial charge in [-0.1, -0.05) is 20.8 Å². The molecule has 0 saturated carbocycles. The monoisotopic (exact) mass is 239 g/mol. The van der Waals surface area contributed by atoms with E-state index < -0.39 is 18.3 Å². The van der Waals surface area contributed by atoms with E-state index in [9.17, 15) is 4.79 Å². The predicted octanol–water partition coefficient (Wildman–Crippen LogP) is -0.240. The first kappa shape index (κ1) is 20.7. The number of hydrogen-bond acceptors (Lipinski definition) is 5. The Balaban J connectivity index is -0.000000181. The van der Waals surface area contributed by atoms with E-state index in [1.807, 2.05) is 0 Å². The number of carboxylic acids is 1. The summed E-state index contributed by atoms with van der Waals surface area (Å²) in [5, 5.41) is 31.6. The highest BCUT2D eigenvalue weighted by atomic mass is 16.5. The summed E-state index contributed by atoms with van der Waals surface area (Å²) < 4.78 is 0. The van der Waals surface area contributed by atoms with Crippen LogP contribution < -0.4 is 5.73 Å². The lowest BCUT2D eigenvalue weighted by atomic mass is 10.1. The van der Waals surface area contributed by atoms with Crippen LogP contribution in [0.4, 0.5) is 0 Å². The van der Waals surface area contributed by atoms with Gasteiger partial charge in [-0.2, -0.15) is 0 Å². The first-order valence-electron chi connectivity index (χ1n) is 5.19. The van der Waals surface area contributed by atoms with Crippen molar-refractivity contribution in [1.29, 1.82) is 0 Å². The van der Waals surface area contributed by atoms with Crippen LogP contribution >= 0.6 is 0 Å². The van der Waals surface area contributed by atoms with Crippen molar-refractivity contribution < 1.29 is 25.2 Å². The standard InChI is InChI=1S/C5H11NO2.C3H8O2.C2H6O/c1-3(2)4(6)5(7)8;1-2-3(4)5;1-2-3/h3-4H,6H2,1-2H3,(H,7,8);3-5H,2H2,1H3;3H,2H2,1H3/t4-;;/m0../s1. The second kappa shape index (κ2) is 14.3. The average molecular weight is 239 g/mol. The maximum absolute atomic E-state index is 10.0. The van der Waals surface area contributed by atoms with Gasteiger partial charge in [0.05, 0.1) is 0 Å². The topological polar surface area (TPSA) is 124 Å². The molecule has 0 aromatic rings. The second-order valence-corrected chi connectivity index (χ2v) is 3.31. The molecule has 100 valence electrons. The Morgan fingerprint density at radius 1 is 1.25 bits per heavy atom. The lowest BCUT2D eigenvalue weighted by molar-refractivity contribution is -0.139. The molecule has 6 nitrogen and oxygen atoms in total. The molecular weight excluding hydrogens is 214 g/mol. The van der Waals surface area contributed by atoms with Crippen LogP contribution in [0.3, 0.4) is 0 Å². The quantitative estimate of drug-likeness (QED) is 0.433. The van der Waals surface area contributed by atoms with E-state index in [1.54, 1.807) is 27.7 Å². The van der Waals surface area contributed by atoms with Crippen molar-refractivity contribution in [1.82, 2.24) is 0 Å². The van der Waals surface area contributed by atoms with Crippen LogP contribution in [0.15, 0.2) is 0 Å². The van der Waals surface area contributed by atoms with Crippen molar-refractivity contribution in [3.8, 4) is 0 Å². The van der Waals surface area contributed by atoms with E-state index in [0.717, 1.165) is 0 Å². The lowest BCUT2D eigenvalue weighted by Gasteiger charge is -2.07. The fourth-order valence-electron chi connectivity index (χ4n) is 0.285. The first-order valence-corrected chi connectivity index (χ1v) is 5.19. The van der Waals surface area contributed by atoms with Gasteiger partial charge in [-0.05, 0) is 19.3 Å². The highest BCUT2D eigenvalue weighted by Gasteiger charge is 2.14. The molecule has 0 saturated heterocycles. The van der Waals surface area contributed by atoms with Gasteiger partial charge in [0.25, 0.3) is 0 Å². The fourth-order valence-corrected chi connectivity index (χ4v) is 0.285. The lowest BCUT2D eigenvalue weighted by Crippen LogP contribution is -2.34. The summed E-state index contributed by atoms with van der Waals surface area (Å²) in [4.78, 5) is 10.0. The first-order chi connectivity index (χ1) is 7.24. The van der Waals surface area contributed by atoms with Crippen LogP contribution in [0.1, 0.15) is 34.1 Å². The minimum atomic E-state index is -1.12. The molecule has 0 rings (SSSR count). The van der Waals surface area contributed by atoms with Gasteiger partial charge in [-0.25, -0.2) is 0 Å². The fraction of sp³-hybridized carbons (Fsp3) is 0.900. The number of aliphatic carboxylic acids is 1. The second-order valence-electron chi connectivity index (χ2n) is 3.31. The molecule has 0 aliphatic carbocycles. The molecule has 0 spiro atoms. The minimum Gasteiger partial charge on any atom is -0.480 e. The number of carboxylic acid groups (broad SMARTS) is 1. The van der Waals surface area contributed by atoms with E-state index in [2.05, 4.69) is 0 Å². The van der Waals surface area contributed by atoms with E-state index in [-0.39, 0.29) is 12.5 Å². The molecule has 1 atom stereocenters. The zero-order chi connectivity index (χ0) is 13.7. The highest BCUT2D eigenvalue weighted by molar-refractivity contribution is 5.73. The summed E-state index contributed by atoms with van der Waals surface area (Å²) in [5.74, 6) is -0.910. The molecule has 0 amide bonds. The largest absolute Gasteiger partial charge is 0.480 e. The third-order valence-electron chi connectivity index (χ3n) is 1.37. The van der Waals surface area contributed by atoms with Crippen molar-refractivity contribution in [2.75, 3.05) is 6.61 Å². The van der Waals surface area contributed by atoms with Gasteiger partial charge in [0.15, 0.2) is 6.29 Å². The van der Waals surface area contributed by atoms with Gasteiger partial charge in [0, 0.05) is 6.61 Å². The third-order valence-corrected chi connectivity index (χ3v) is 1.37. The molecule has 0 aliphatic rings. The van der Waals surface area contributed by atoms with Crippen molar-refractivity contribution >= 4 is 5.97 Å². The summed E-state index contributed by atoms with van der Waals surface area (Å²) in [5.41, 5.74) is 5.16. The van der Waals surface area contributed by atoms with E-state index >= 15 is 0 Å². The molecule has 0 aromatic heterocycles. The Hall–Kier alpha value is -0.690. The molecule has 0 heterocycles. The number of hydrogen-bond donors (Lipinski definition) is 5. The highest BCUT2D eigenvalue weighted by Crippen LogP contribution is 1.96. The van der Waals surface area contributed by atoms with Gasteiger partial charge in [-0.15, -0.1) is 0 Å². The molecule has 0 fully saturated rings. The third kappa shape index (κ3) is 23.3. The van der Waals surface area contributed by atoms with Crippen molar-refractivity contribution in [3.05, 3.63) is 0 Å². The molecule has 6 heteroatoms. The number of rotatable bonds is 3. The molecule has 0 aliphatic heterocycles. The molecule has 16 heavy (non-hydrogen) atoms. The Kier molecular flexibility index (Phi) is 18.5. The molecule has 0 bridgehead atoms. The van der Waals surface area contributed by atoms with E-state index in [0.29, 0.717) is 6.42 Å². The maximum atomic E-state index is 10.0. The van der Waals surface area contributed by atoms with Crippen LogP contribution in [0.5, 0.6) is 0 Å². The Bertz CT molecular complexity index is 150. The summed E-state index contributed by atoms with van der Waals surface area (Å²) in [6.07, 6.45) is -0.699. The van der Waals surface area contributed by atoms with Gasteiger partial charge in [0.2, 0.25) is 0 Å². The number of aliphatic hydroxyl groups is 3. The molecule has 0 unspecified atom stereocenters. The van der Waals surface area contributed by atoms with Crippen molar-refractivity contribution in [2.45, 2.75) is 46.4 Å². The molecular formula is C10H25NO5. The van der Waals surface area contributed by atoms with Gasteiger partial charge < -0.3 is 26.2 Å². The predicted molar refractivity (Wildman–Crippen MR) is 61.7 cm³/mol. The molecule has 0 aromatic carbocycles. The zero-order valence-corrected chi connectivity index (χ0v) is 10.4. The van der Waals surface area contributed by atoms with E-state index in [4.69, 9.17) is 26.2 Å². The smallest absolute Gasteiger partial charge is 0.320 e. The molecule has 0 radical (unpaired) electrons. The average Bonchev–Trinajstić information content (AvgIpc) is 2.18. The van der Waals surface area contributed by atoms with Gasteiger partial charge in [-0.3, -0.25) is 4.79 Å². The van der Waals surface area contributed by atoms with Gasteiger partial charge >= 0.3 is 5.97 Å². The van der Waals surface area contributed by atoms with Crippen LogP contribution in [-0.4, -0.2) is 45.3 Å². The minimum absolute atomic E-state index is 0.0208. The zero-order valence-electron chi connectivity index (χ0n) is 10.4. The summed E-state index contributed by atoms with van der Waals surface area (Å²) in [7, 11) is 0. The van der Waals surface area contributed by atoms with Crippen LogP contribution in [0.2, 0.25) is 0 Å². The van der Waals surface area contributed by atoms with Crippen LogP contribution in [0, 0.1) is 5.92 Å². The number of aliphatic hydroxyl groups excluding tert-OH is 2. The number of nitrogens with two attached hydrogens (primary N) is 1. The Morgan fingerprint density at radius 3 is 1.50 bits per heavy atom. The van der Waals surface area contributed by atoms with Crippen molar-refractivity contribution in [2.24, 2.45) is 11.7 Å². The van der Waals surface area contributed by atoms with Gasteiger partial charge in [0.1, 0.15) is 6.04 Å². The Morgan fingerprint density at radius 2 is 1.50 bits per heavy atom. The number of carbonyl (C=O) groups is 1. The molecule has 6 N–H and O–H groups in total. The summed E-state index contributed by atoms with van der Waals surface area (Å²) in [6.45, 7) is 7.18. The van der Waals surface area contributed by atoms with Crippen molar-refractivity contribution in [3.63, 3.8) is 0 Å². The Labute approximate surface area is 96.7 Å². The SMILES string of the molecule is CC(C)[C@H](N)C(=O)O.CCC(O)O.CCO.